The molecule has 28 heavy (non-hydrogen) atoms. The van der Waals surface area contributed by atoms with Crippen molar-refractivity contribution in [2.45, 2.75) is 6.92 Å². The highest BCUT2D eigenvalue weighted by atomic mass is 16.7. The summed E-state index contributed by atoms with van der Waals surface area (Å²) in [4.78, 5) is 29.7. The number of nitrogens with zero attached hydrogens (tertiary/aromatic N) is 3. The van der Waals surface area contributed by atoms with Crippen LogP contribution in [0.25, 0.3) is 46.4 Å². The molecule has 5 rings (SSSR count). The van der Waals surface area contributed by atoms with E-state index in [1.165, 1.54) is 11.7 Å². The normalized spacial score (nSPS) is 12.3. The van der Waals surface area contributed by atoms with Crippen LogP contribution in [0.2, 0.25) is 0 Å². The maximum atomic E-state index is 11.6. The lowest BCUT2D eigenvalue weighted by Gasteiger charge is -2.04. The van der Waals surface area contributed by atoms with Gasteiger partial charge in [0.25, 0.3) is 0 Å². The van der Waals surface area contributed by atoms with Gasteiger partial charge in [-0.2, -0.15) is 4.73 Å². The van der Waals surface area contributed by atoms with Crippen molar-refractivity contribution in [3.05, 3.63) is 71.3 Å². The van der Waals surface area contributed by atoms with Gasteiger partial charge in [-0.3, -0.25) is 0 Å². The van der Waals surface area contributed by atoms with Gasteiger partial charge in [0.15, 0.2) is 0 Å². The molecular formula is C22H16N4O2. The predicted octanol–water partition coefficient (Wildman–Crippen LogP) is 4.10. The van der Waals surface area contributed by atoms with Crippen LogP contribution in [0.15, 0.2) is 48.5 Å². The second kappa shape index (κ2) is 6.35. The summed E-state index contributed by atoms with van der Waals surface area (Å²) in [5.41, 5.74) is 6.60. The fraction of sp³-hybridized carbons (Fsp3) is 0.0455. The molecule has 0 aromatic carbocycles. The first-order valence-corrected chi connectivity index (χ1v) is 8.90. The van der Waals surface area contributed by atoms with E-state index in [9.17, 15) is 4.79 Å². The Morgan fingerprint density at radius 3 is 2.21 bits per heavy atom. The summed E-state index contributed by atoms with van der Waals surface area (Å²) in [6.07, 6.45) is 7.81. The van der Waals surface area contributed by atoms with Gasteiger partial charge >= 0.3 is 5.97 Å². The molecule has 1 N–H and O–H groups in total. The smallest absolute Gasteiger partial charge is 0.329 e. The number of fused-ring (bicyclic) bond motifs is 10. The summed E-state index contributed by atoms with van der Waals surface area (Å²) in [6.45, 7) is 1.39. The van der Waals surface area contributed by atoms with Gasteiger partial charge in [-0.25, -0.2) is 14.8 Å². The lowest BCUT2D eigenvalue weighted by molar-refractivity contribution is -0.140. The summed E-state index contributed by atoms with van der Waals surface area (Å²) in [5.74, 6) is -0.390. The molecule has 0 saturated heterocycles. The predicted molar refractivity (Wildman–Crippen MR) is 110 cm³/mol. The van der Waals surface area contributed by atoms with Gasteiger partial charge in [0.1, 0.15) is 5.52 Å². The third kappa shape index (κ3) is 2.91. The van der Waals surface area contributed by atoms with Gasteiger partial charge in [0, 0.05) is 12.4 Å². The molecule has 6 nitrogen and oxygen atoms in total. The highest BCUT2D eigenvalue weighted by molar-refractivity contribution is 5.83. The van der Waals surface area contributed by atoms with Gasteiger partial charge in [0.05, 0.1) is 33.8 Å². The number of aromatic amines is 1. The lowest BCUT2D eigenvalue weighted by atomic mass is 10.3. The molecule has 6 heteroatoms. The van der Waals surface area contributed by atoms with E-state index < -0.39 is 0 Å². The third-order valence-electron chi connectivity index (χ3n) is 4.51. The van der Waals surface area contributed by atoms with E-state index in [0.29, 0.717) is 0 Å². The van der Waals surface area contributed by atoms with E-state index in [1.54, 1.807) is 0 Å². The Morgan fingerprint density at radius 2 is 1.50 bits per heavy atom. The number of aromatic nitrogens is 4. The Hall–Kier alpha value is -3.93. The van der Waals surface area contributed by atoms with Crippen molar-refractivity contribution >= 4 is 52.3 Å². The van der Waals surface area contributed by atoms with E-state index >= 15 is 0 Å². The molecule has 3 aromatic heterocycles. The molecule has 5 heterocycles. The maximum Gasteiger partial charge on any atom is 0.329 e. The molecule has 2 aliphatic rings. The monoisotopic (exact) mass is 368 g/mol. The zero-order valence-corrected chi connectivity index (χ0v) is 15.1. The van der Waals surface area contributed by atoms with Crippen LogP contribution in [0.4, 0.5) is 0 Å². The average molecular weight is 368 g/mol. The Bertz CT molecular complexity index is 1330. The van der Waals surface area contributed by atoms with E-state index in [4.69, 9.17) is 4.84 Å². The number of carbonyl (C=O) groups excluding carboxylic acids is 1. The Balaban J connectivity index is 1.86. The minimum atomic E-state index is -0.390. The first kappa shape index (κ1) is 16.3. The minimum absolute atomic E-state index is 0.390. The molecule has 0 atom stereocenters. The fourth-order valence-corrected chi connectivity index (χ4v) is 3.22. The van der Waals surface area contributed by atoms with Crippen molar-refractivity contribution in [2.24, 2.45) is 0 Å². The zero-order chi connectivity index (χ0) is 19.1. The highest BCUT2D eigenvalue weighted by Gasteiger charge is 2.08. The second-order valence-corrected chi connectivity index (χ2v) is 6.53. The summed E-state index contributed by atoms with van der Waals surface area (Å²) in [5, 5.41) is 0. The van der Waals surface area contributed by atoms with E-state index in [1.807, 2.05) is 72.8 Å². The number of carbonyl (C=O) groups is 1. The molecule has 0 fully saturated rings. The van der Waals surface area contributed by atoms with Crippen molar-refractivity contribution in [3.8, 4) is 0 Å². The highest BCUT2D eigenvalue weighted by Crippen LogP contribution is 2.20. The molecule has 3 aromatic rings. The minimum Gasteiger partial charge on any atom is -0.354 e. The molecule has 0 spiro atoms. The average Bonchev–Trinajstić information content (AvgIpc) is 3.43. The van der Waals surface area contributed by atoms with Crippen LogP contribution in [-0.2, 0) is 4.79 Å². The van der Waals surface area contributed by atoms with Gasteiger partial charge < -0.3 is 9.82 Å². The molecule has 0 saturated carbocycles. The van der Waals surface area contributed by atoms with Crippen molar-refractivity contribution in [1.82, 2.24) is 19.7 Å². The molecule has 136 valence electrons. The van der Waals surface area contributed by atoms with Crippen LogP contribution < -0.4 is 4.84 Å². The summed E-state index contributed by atoms with van der Waals surface area (Å²) in [7, 11) is 0. The van der Waals surface area contributed by atoms with Crippen LogP contribution in [-0.4, -0.2) is 25.7 Å². The van der Waals surface area contributed by atoms with Gasteiger partial charge in [0.2, 0.25) is 0 Å². The quantitative estimate of drug-likeness (QED) is 0.483. The number of hydrogen-bond donors (Lipinski definition) is 1. The van der Waals surface area contributed by atoms with E-state index in [2.05, 4.69) is 15.0 Å². The number of H-pyrrole nitrogens is 1. The fourth-order valence-electron chi connectivity index (χ4n) is 3.22. The first-order chi connectivity index (χ1) is 13.7. The largest absolute Gasteiger partial charge is 0.354 e. The third-order valence-corrected chi connectivity index (χ3v) is 4.51. The molecule has 0 radical (unpaired) electrons. The van der Waals surface area contributed by atoms with Crippen LogP contribution in [0.3, 0.4) is 0 Å². The van der Waals surface area contributed by atoms with Gasteiger partial charge in [-0.05, 0) is 72.8 Å². The van der Waals surface area contributed by atoms with Crippen LogP contribution in [0, 0.1) is 0 Å². The van der Waals surface area contributed by atoms with Gasteiger partial charge in [-0.15, -0.1) is 0 Å². The van der Waals surface area contributed by atoms with Crippen LogP contribution in [0.5, 0.6) is 0 Å². The Kier molecular flexibility index (Phi) is 3.69. The van der Waals surface area contributed by atoms with Crippen molar-refractivity contribution in [1.29, 1.82) is 0 Å². The van der Waals surface area contributed by atoms with Crippen molar-refractivity contribution < 1.29 is 9.63 Å². The maximum absolute atomic E-state index is 11.6. The van der Waals surface area contributed by atoms with Gasteiger partial charge in [-0.1, -0.05) is 0 Å². The summed E-state index contributed by atoms with van der Waals surface area (Å²) >= 11 is 0. The SMILES string of the molecule is CC(=O)On1c2ccc3nc(c4nc(ccc5ccc([nH]5)c1cc2)C=C4)C=C3. The summed E-state index contributed by atoms with van der Waals surface area (Å²) < 4.78 is 1.53. The first-order valence-electron chi connectivity index (χ1n) is 8.90. The topological polar surface area (TPSA) is 72.8 Å². The molecule has 2 aliphatic heterocycles. The Morgan fingerprint density at radius 1 is 0.857 bits per heavy atom. The van der Waals surface area contributed by atoms with Crippen LogP contribution in [0.1, 0.15) is 29.7 Å². The standard InChI is InChI=1S/C22H16N4O2/c1-14(27)28-26-18-8-4-17-6-11-20(24-17)19-10-5-15(23-19)2-3-16-7-12-21(25-16)22(26)13-9-18/h2-13,25H,1H3. The second-order valence-electron chi connectivity index (χ2n) is 6.53. The van der Waals surface area contributed by atoms with E-state index in [0.717, 1.165) is 44.8 Å². The van der Waals surface area contributed by atoms with E-state index in [-0.39, 0.29) is 5.97 Å². The zero-order valence-electron chi connectivity index (χ0n) is 15.1. The Labute approximate surface area is 160 Å². The van der Waals surface area contributed by atoms with Crippen LogP contribution >= 0.6 is 0 Å². The number of hydrogen-bond acceptors (Lipinski definition) is 4. The lowest BCUT2D eigenvalue weighted by Crippen LogP contribution is -2.15. The van der Waals surface area contributed by atoms with Crippen molar-refractivity contribution in [2.75, 3.05) is 0 Å². The van der Waals surface area contributed by atoms with Crippen molar-refractivity contribution in [3.63, 3.8) is 0 Å². The summed E-state index contributed by atoms with van der Waals surface area (Å²) in [6, 6.07) is 15.4. The number of nitrogens with one attached hydrogen (secondary N) is 1. The molecule has 8 bridgehead atoms. The molecular weight excluding hydrogens is 352 g/mol. The molecule has 0 aliphatic carbocycles. The number of rotatable bonds is 1. The molecule has 0 amide bonds. The molecule has 0 unspecified atom stereocenters.